The Balaban J connectivity index is 2.31. The van der Waals surface area contributed by atoms with Crippen LogP contribution in [0.1, 0.15) is 18.1 Å². The number of aliphatic hydroxyl groups is 1. The summed E-state index contributed by atoms with van der Waals surface area (Å²) in [4.78, 5) is 14.3. The van der Waals surface area contributed by atoms with Gasteiger partial charge in [-0.25, -0.2) is 13.2 Å². The smallest absolute Gasteiger partial charge is 0.268 e. The lowest BCUT2D eigenvalue weighted by atomic mass is 9.86. The molecule has 1 N–H and O–H groups in total. The van der Waals surface area contributed by atoms with E-state index in [1.807, 2.05) is 0 Å². The number of aliphatic hydroxyl groups excluding tert-OH is 1. The molecule has 0 radical (unpaired) electrons. The van der Waals surface area contributed by atoms with Crippen molar-refractivity contribution in [1.29, 1.82) is 0 Å². The number of anilines is 1. The van der Waals surface area contributed by atoms with Gasteiger partial charge >= 0.3 is 0 Å². The number of fused-ring (bicyclic) bond motifs is 1. The van der Waals surface area contributed by atoms with Gasteiger partial charge in [0.25, 0.3) is 5.91 Å². The third-order valence-electron chi connectivity index (χ3n) is 4.27. The second-order valence-electron chi connectivity index (χ2n) is 5.91. The van der Waals surface area contributed by atoms with Crippen LogP contribution < -0.4 is 4.90 Å². The van der Waals surface area contributed by atoms with E-state index in [0.717, 1.165) is 23.1 Å². The number of amides is 1. The predicted molar refractivity (Wildman–Crippen MR) is 84.6 cm³/mol. The highest BCUT2D eigenvalue weighted by Gasteiger charge is 2.55. The van der Waals surface area contributed by atoms with Crippen molar-refractivity contribution in [3.63, 3.8) is 0 Å². The second-order valence-corrected chi connectivity index (χ2v) is 5.91. The molecule has 0 aromatic heterocycles. The Labute approximate surface area is 142 Å². The maximum Gasteiger partial charge on any atom is 0.268 e. The van der Waals surface area contributed by atoms with Crippen molar-refractivity contribution >= 4 is 11.6 Å². The highest BCUT2D eigenvalue weighted by atomic mass is 19.2. The van der Waals surface area contributed by atoms with E-state index in [-0.39, 0.29) is 23.4 Å². The van der Waals surface area contributed by atoms with Crippen LogP contribution in [-0.2, 0) is 15.1 Å². The molecular weight excluding hydrogens is 335 g/mol. The van der Waals surface area contributed by atoms with Crippen LogP contribution in [0.4, 0.5) is 18.9 Å². The third-order valence-corrected chi connectivity index (χ3v) is 4.27. The topological polar surface area (TPSA) is 49.8 Å². The molecule has 1 heterocycles. The lowest BCUT2D eigenvalue weighted by Gasteiger charge is -2.28. The van der Waals surface area contributed by atoms with Gasteiger partial charge < -0.3 is 14.7 Å². The maximum absolute atomic E-state index is 14.7. The molecule has 0 unspecified atom stereocenters. The minimum atomic E-state index is -1.95. The molecule has 1 aliphatic heterocycles. The van der Waals surface area contributed by atoms with E-state index < -0.39 is 35.1 Å². The van der Waals surface area contributed by atoms with E-state index in [1.54, 1.807) is 0 Å². The average molecular weight is 351 g/mol. The normalized spacial score (nSPS) is 20.7. The monoisotopic (exact) mass is 351 g/mol. The molecule has 0 aliphatic carbocycles. The molecule has 2 aromatic carbocycles. The Bertz CT molecular complexity index is 823. The van der Waals surface area contributed by atoms with Gasteiger partial charge in [-0.3, -0.25) is 4.79 Å². The number of hydrogen-bond acceptors (Lipinski definition) is 3. The first kappa shape index (κ1) is 17.4. The fourth-order valence-electron chi connectivity index (χ4n) is 3.21. The van der Waals surface area contributed by atoms with E-state index in [1.165, 1.54) is 32.2 Å². The van der Waals surface area contributed by atoms with Gasteiger partial charge in [0.2, 0.25) is 5.60 Å². The molecular formula is C18H16F3NO3. The Hall–Kier alpha value is -2.38. The summed E-state index contributed by atoms with van der Waals surface area (Å²) < 4.78 is 47.2. The number of rotatable bonds is 4. The van der Waals surface area contributed by atoms with E-state index >= 15 is 0 Å². The van der Waals surface area contributed by atoms with Crippen LogP contribution in [-0.4, -0.2) is 30.8 Å². The lowest BCUT2D eigenvalue weighted by molar-refractivity contribution is -0.135. The van der Waals surface area contributed by atoms with Gasteiger partial charge in [0.1, 0.15) is 5.82 Å². The van der Waals surface area contributed by atoms with Crippen molar-refractivity contribution < 1.29 is 27.8 Å². The molecule has 1 amide bonds. The summed E-state index contributed by atoms with van der Waals surface area (Å²) in [6.07, 6.45) is -0.897. The zero-order chi connectivity index (χ0) is 18.4. The molecule has 2 atom stereocenters. The fourth-order valence-corrected chi connectivity index (χ4v) is 3.21. The maximum atomic E-state index is 14.7. The highest BCUT2D eigenvalue weighted by molar-refractivity contribution is 6.09. The molecule has 3 rings (SSSR count). The van der Waals surface area contributed by atoms with Gasteiger partial charge in [-0.15, -0.1) is 0 Å². The molecule has 0 bridgehead atoms. The van der Waals surface area contributed by atoms with Crippen LogP contribution in [0.3, 0.4) is 0 Å². The zero-order valence-corrected chi connectivity index (χ0v) is 13.6. The molecule has 0 spiro atoms. The van der Waals surface area contributed by atoms with Gasteiger partial charge in [0, 0.05) is 7.11 Å². The largest absolute Gasteiger partial charge is 0.392 e. The van der Waals surface area contributed by atoms with E-state index in [9.17, 15) is 23.1 Å². The third kappa shape index (κ3) is 2.51. The Morgan fingerprint density at radius 1 is 1.16 bits per heavy atom. The number of ether oxygens (including phenoxy) is 1. The fraction of sp³-hybridized carbons (Fsp3) is 0.278. The summed E-state index contributed by atoms with van der Waals surface area (Å²) in [6, 6.07) is 6.97. The summed E-state index contributed by atoms with van der Waals surface area (Å²) in [5.74, 6) is -3.57. The standard InChI is InChI=1S/C18H16F3NO3/c1-10(23)9-22-14-8-7-13(20)16(21)15(14)18(25-2,17(22)24)11-3-5-12(19)6-4-11/h3-8,10,23H,9H2,1-2H3/t10-,18+/m1/s1. The molecule has 1 aliphatic rings. The van der Waals surface area contributed by atoms with Crippen molar-refractivity contribution in [2.75, 3.05) is 18.6 Å². The first-order valence-electron chi connectivity index (χ1n) is 7.62. The molecule has 0 saturated heterocycles. The molecule has 25 heavy (non-hydrogen) atoms. The number of hydrogen-bond donors (Lipinski definition) is 1. The van der Waals surface area contributed by atoms with Crippen molar-refractivity contribution in [2.45, 2.75) is 18.6 Å². The summed E-state index contributed by atoms with van der Waals surface area (Å²) in [6.45, 7) is 1.35. The first-order valence-corrected chi connectivity index (χ1v) is 7.62. The summed E-state index contributed by atoms with van der Waals surface area (Å²) in [5, 5.41) is 9.68. The first-order chi connectivity index (χ1) is 11.8. The summed E-state index contributed by atoms with van der Waals surface area (Å²) in [7, 11) is 1.20. The number of methoxy groups -OCH3 is 1. The van der Waals surface area contributed by atoms with Crippen LogP contribution >= 0.6 is 0 Å². The minimum absolute atomic E-state index is 0.107. The van der Waals surface area contributed by atoms with Gasteiger partial charge in [0.15, 0.2) is 11.6 Å². The Morgan fingerprint density at radius 3 is 2.36 bits per heavy atom. The van der Waals surface area contributed by atoms with Gasteiger partial charge in [0.05, 0.1) is 23.9 Å². The number of nitrogens with zero attached hydrogens (tertiary/aromatic N) is 1. The molecule has 2 aromatic rings. The van der Waals surface area contributed by atoms with Gasteiger partial charge in [-0.05, 0) is 36.8 Å². The van der Waals surface area contributed by atoms with Crippen LogP contribution in [0.5, 0.6) is 0 Å². The van der Waals surface area contributed by atoms with E-state index in [0.29, 0.717) is 0 Å². The van der Waals surface area contributed by atoms with Crippen LogP contribution in [0.2, 0.25) is 0 Å². The zero-order valence-electron chi connectivity index (χ0n) is 13.6. The minimum Gasteiger partial charge on any atom is -0.392 e. The molecule has 0 fully saturated rings. The van der Waals surface area contributed by atoms with Crippen molar-refractivity contribution in [3.8, 4) is 0 Å². The number of β-amino-alcohol motifs (C(OH)–C–C–N with tert-alkyl or cyclic N) is 1. The number of carbonyl (C=O) groups is 1. The van der Waals surface area contributed by atoms with Crippen LogP contribution in [0, 0.1) is 17.5 Å². The average Bonchev–Trinajstić information content (AvgIpc) is 2.81. The lowest BCUT2D eigenvalue weighted by Crippen LogP contribution is -2.45. The second kappa shape index (κ2) is 6.16. The van der Waals surface area contributed by atoms with Crippen molar-refractivity contribution in [3.05, 3.63) is 65.0 Å². The summed E-state index contributed by atoms with van der Waals surface area (Å²) in [5.41, 5.74) is -1.96. The molecule has 132 valence electrons. The highest BCUT2D eigenvalue weighted by Crippen LogP contribution is 2.48. The van der Waals surface area contributed by atoms with Gasteiger partial charge in [-0.2, -0.15) is 0 Å². The van der Waals surface area contributed by atoms with Crippen molar-refractivity contribution in [2.24, 2.45) is 0 Å². The van der Waals surface area contributed by atoms with Crippen LogP contribution in [0.25, 0.3) is 0 Å². The van der Waals surface area contributed by atoms with Crippen LogP contribution in [0.15, 0.2) is 36.4 Å². The summed E-state index contributed by atoms with van der Waals surface area (Å²) >= 11 is 0. The van der Waals surface area contributed by atoms with E-state index in [4.69, 9.17) is 4.74 Å². The SMILES string of the molecule is CO[C@]1(c2ccc(F)cc2)C(=O)N(C[C@@H](C)O)c2ccc(F)c(F)c21. The molecule has 7 heteroatoms. The van der Waals surface area contributed by atoms with Crippen molar-refractivity contribution in [1.82, 2.24) is 0 Å². The Morgan fingerprint density at radius 2 is 1.80 bits per heavy atom. The molecule has 0 saturated carbocycles. The van der Waals surface area contributed by atoms with Gasteiger partial charge in [-0.1, -0.05) is 12.1 Å². The quantitative estimate of drug-likeness (QED) is 0.922. The van der Waals surface area contributed by atoms with E-state index in [2.05, 4.69) is 0 Å². The number of benzene rings is 2. The predicted octanol–water partition coefficient (Wildman–Crippen LogP) is 2.72. The molecule has 4 nitrogen and oxygen atoms in total. The number of carbonyl (C=O) groups excluding carboxylic acids is 1. The Kier molecular flexibility index (Phi) is 4.30. The number of halogens is 3.